The molecule has 0 saturated carbocycles. The highest BCUT2D eigenvalue weighted by Crippen LogP contribution is 2.21. The molecule has 1 unspecified atom stereocenters. The number of sulfonamides is 1. The molecule has 0 radical (unpaired) electrons. The molecule has 1 amide bonds. The number of nitrogens with zero attached hydrogens (tertiary/aromatic N) is 2. The topological polar surface area (TPSA) is 105 Å². The van der Waals surface area contributed by atoms with E-state index in [4.69, 9.17) is 4.42 Å². The maximum Gasteiger partial charge on any atom is 0.257 e. The molecule has 4 rings (SSSR count). The van der Waals surface area contributed by atoms with Gasteiger partial charge in [-0.3, -0.25) is 15.0 Å². The van der Waals surface area contributed by atoms with Gasteiger partial charge in [-0.05, 0) is 61.7 Å². The predicted molar refractivity (Wildman–Crippen MR) is 123 cm³/mol. The average molecular weight is 475 g/mol. The number of hydrogen-bond donors (Lipinski definition) is 2. The summed E-state index contributed by atoms with van der Waals surface area (Å²) >= 11 is 1.39. The number of carbonyl (C=O) groups excluding carboxylic acids is 1. The van der Waals surface area contributed by atoms with Crippen LogP contribution in [-0.2, 0) is 23.1 Å². The zero-order valence-electron chi connectivity index (χ0n) is 17.8. The predicted octanol–water partition coefficient (Wildman–Crippen LogP) is 3.70. The Labute approximate surface area is 191 Å². The molecule has 1 aliphatic rings. The van der Waals surface area contributed by atoms with Crippen molar-refractivity contribution in [2.75, 3.05) is 18.4 Å². The Morgan fingerprint density at radius 3 is 2.81 bits per heavy atom. The third-order valence-electron chi connectivity index (χ3n) is 5.34. The molecule has 32 heavy (non-hydrogen) atoms. The molecule has 0 bridgehead atoms. The van der Waals surface area contributed by atoms with Gasteiger partial charge in [0.1, 0.15) is 5.76 Å². The number of likely N-dealkylation sites (tertiary alicyclic amines) is 1. The van der Waals surface area contributed by atoms with Gasteiger partial charge in [-0.1, -0.05) is 6.92 Å². The number of anilines is 1. The molecule has 0 spiro atoms. The van der Waals surface area contributed by atoms with Crippen molar-refractivity contribution in [2.45, 2.75) is 37.8 Å². The highest BCUT2D eigenvalue weighted by atomic mass is 32.2. The standard InChI is InChI=1S/C22H26N4O4S2/c1-16-4-2-10-26(13-16)14-18-15-31-22(24-18)25-21(27)17-6-8-20(9-7-17)32(28,29)23-12-19-5-3-11-30-19/h3,5-9,11,15-16,23H,2,4,10,12-14H2,1H3,(H,24,25,27). The summed E-state index contributed by atoms with van der Waals surface area (Å²) in [5.74, 6) is 0.890. The van der Waals surface area contributed by atoms with Crippen LogP contribution in [0.3, 0.4) is 0 Å². The van der Waals surface area contributed by atoms with Crippen LogP contribution >= 0.6 is 11.3 Å². The third-order valence-corrected chi connectivity index (χ3v) is 7.57. The van der Waals surface area contributed by atoms with Gasteiger partial charge in [-0.15, -0.1) is 11.3 Å². The second-order valence-electron chi connectivity index (χ2n) is 8.01. The van der Waals surface area contributed by atoms with Crippen molar-refractivity contribution >= 4 is 32.4 Å². The van der Waals surface area contributed by atoms with Crippen LogP contribution in [0.2, 0.25) is 0 Å². The Morgan fingerprint density at radius 2 is 2.09 bits per heavy atom. The molecule has 3 aromatic rings. The fourth-order valence-electron chi connectivity index (χ4n) is 3.71. The molecule has 170 valence electrons. The number of rotatable bonds is 8. The van der Waals surface area contributed by atoms with Crippen molar-refractivity contribution in [3.8, 4) is 0 Å². The first-order valence-corrected chi connectivity index (χ1v) is 12.9. The number of hydrogen-bond acceptors (Lipinski definition) is 7. The zero-order valence-corrected chi connectivity index (χ0v) is 19.4. The van der Waals surface area contributed by atoms with Crippen LogP contribution in [0.4, 0.5) is 5.13 Å². The normalized spacial score (nSPS) is 17.3. The second-order valence-corrected chi connectivity index (χ2v) is 10.6. The third kappa shape index (κ3) is 5.83. The van der Waals surface area contributed by atoms with Crippen LogP contribution in [-0.4, -0.2) is 37.3 Å². The quantitative estimate of drug-likeness (QED) is 0.516. The molecular formula is C22H26N4O4S2. The van der Waals surface area contributed by atoms with Crippen LogP contribution in [0, 0.1) is 5.92 Å². The van der Waals surface area contributed by atoms with Crippen molar-refractivity contribution in [1.29, 1.82) is 0 Å². The molecule has 8 nitrogen and oxygen atoms in total. The van der Waals surface area contributed by atoms with Crippen molar-refractivity contribution in [3.63, 3.8) is 0 Å². The van der Waals surface area contributed by atoms with Gasteiger partial charge in [0.15, 0.2) is 5.13 Å². The van der Waals surface area contributed by atoms with Gasteiger partial charge in [0.25, 0.3) is 5.91 Å². The van der Waals surface area contributed by atoms with E-state index in [2.05, 4.69) is 26.8 Å². The summed E-state index contributed by atoms with van der Waals surface area (Å²) < 4.78 is 32.4. The summed E-state index contributed by atoms with van der Waals surface area (Å²) in [5.41, 5.74) is 1.31. The van der Waals surface area contributed by atoms with E-state index in [9.17, 15) is 13.2 Å². The molecule has 2 aromatic heterocycles. The maximum absolute atomic E-state index is 12.6. The van der Waals surface area contributed by atoms with Crippen molar-refractivity contribution < 1.29 is 17.6 Å². The number of nitrogens with one attached hydrogen (secondary N) is 2. The molecule has 10 heteroatoms. The SMILES string of the molecule is CC1CCCN(Cc2csc(NC(=O)c3ccc(S(=O)(=O)NCc4ccco4)cc3)n2)C1. The summed E-state index contributed by atoms with van der Waals surface area (Å²) in [7, 11) is -3.71. The van der Waals surface area contributed by atoms with Crippen molar-refractivity contribution in [3.05, 3.63) is 65.1 Å². The number of amides is 1. The minimum atomic E-state index is -3.71. The molecule has 1 atom stereocenters. The first-order chi connectivity index (χ1) is 15.4. The van der Waals surface area contributed by atoms with Gasteiger partial charge in [0, 0.05) is 24.0 Å². The number of furan rings is 1. The van der Waals surface area contributed by atoms with E-state index < -0.39 is 10.0 Å². The van der Waals surface area contributed by atoms with E-state index in [1.807, 2.05) is 5.38 Å². The average Bonchev–Trinajstić information content (AvgIpc) is 3.45. The van der Waals surface area contributed by atoms with E-state index >= 15 is 0 Å². The van der Waals surface area contributed by atoms with E-state index in [-0.39, 0.29) is 17.3 Å². The first kappa shape index (κ1) is 22.7. The smallest absolute Gasteiger partial charge is 0.257 e. The van der Waals surface area contributed by atoms with Crippen LogP contribution in [0.25, 0.3) is 0 Å². The fourth-order valence-corrected chi connectivity index (χ4v) is 5.40. The highest BCUT2D eigenvalue weighted by molar-refractivity contribution is 7.89. The Balaban J connectivity index is 1.33. The Bertz CT molecular complexity index is 1140. The summed E-state index contributed by atoms with van der Waals surface area (Å²) in [6.45, 7) is 5.26. The number of aromatic nitrogens is 1. The van der Waals surface area contributed by atoms with Gasteiger partial charge >= 0.3 is 0 Å². The number of benzene rings is 1. The van der Waals surface area contributed by atoms with E-state index in [1.54, 1.807) is 12.1 Å². The molecule has 3 heterocycles. The molecule has 1 fully saturated rings. The maximum atomic E-state index is 12.6. The van der Waals surface area contributed by atoms with Crippen LogP contribution in [0.1, 0.15) is 41.6 Å². The Hall–Kier alpha value is -2.53. The summed E-state index contributed by atoms with van der Waals surface area (Å²) in [5, 5.41) is 5.30. The van der Waals surface area contributed by atoms with Crippen molar-refractivity contribution in [2.24, 2.45) is 5.92 Å². The van der Waals surface area contributed by atoms with E-state index in [0.717, 1.165) is 25.3 Å². The zero-order chi connectivity index (χ0) is 22.6. The molecule has 2 N–H and O–H groups in total. The second kappa shape index (κ2) is 9.95. The lowest BCUT2D eigenvalue weighted by Gasteiger charge is -2.30. The highest BCUT2D eigenvalue weighted by Gasteiger charge is 2.18. The van der Waals surface area contributed by atoms with E-state index in [1.165, 1.54) is 54.7 Å². The number of carbonyl (C=O) groups is 1. The van der Waals surface area contributed by atoms with Crippen molar-refractivity contribution in [1.82, 2.24) is 14.6 Å². The monoisotopic (exact) mass is 474 g/mol. The molecule has 0 aliphatic carbocycles. The van der Waals surface area contributed by atoms with Crippen LogP contribution in [0.15, 0.2) is 57.4 Å². The van der Waals surface area contributed by atoms with E-state index in [0.29, 0.717) is 22.4 Å². The summed E-state index contributed by atoms with van der Waals surface area (Å²) in [4.78, 5) is 19.6. The number of thiazole rings is 1. The molecule has 1 saturated heterocycles. The van der Waals surface area contributed by atoms with Gasteiger partial charge < -0.3 is 4.42 Å². The number of piperidine rings is 1. The lowest BCUT2D eigenvalue weighted by Crippen LogP contribution is -2.33. The Morgan fingerprint density at radius 1 is 1.28 bits per heavy atom. The van der Waals surface area contributed by atoms with Gasteiger partial charge in [0.2, 0.25) is 10.0 Å². The summed E-state index contributed by atoms with van der Waals surface area (Å²) in [6, 6.07) is 9.17. The molecule has 1 aromatic carbocycles. The van der Waals surface area contributed by atoms with Crippen LogP contribution in [0.5, 0.6) is 0 Å². The Kier molecular flexibility index (Phi) is 7.04. The first-order valence-electron chi connectivity index (χ1n) is 10.5. The minimum absolute atomic E-state index is 0.0558. The lowest BCUT2D eigenvalue weighted by atomic mass is 10.0. The summed E-state index contributed by atoms with van der Waals surface area (Å²) in [6.07, 6.45) is 3.96. The van der Waals surface area contributed by atoms with Crippen LogP contribution < -0.4 is 10.0 Å². The molecular weight excluding hydrogens is 448 g/mol. The van der Waals surface area contributed by atoms with Gasteiger partial charge in [-0.25, -0.2) is 18.1 Å². The fraction of sp³-hybridized carbons (Fsp3) is 0.364. The largest absolute Gasteiger partial charge is 0.468 e. The lowest BCUT2D eigenvalue weighted by molar-refractivity contribution is 0.102. The van der Waals surface area contributed by atoms with Gasteiger partial charge in [-0.2, -0.15) is 0 Å². The van der Waals surface area contributed by atoms with Gasteiger partial charge in [0.05, 0.1) is 23.4 Å². The molecule has 1 aliphatic heterocycles. The minimum Gasteiger partial charge on any atom is -0.468 e.